The monoisotopic (exact) mass is 338 g/mol. The van der Waals surface area contributed by atoms with Gasteiger partial charge in [0.2, 0.25) is 11.8 Å². The average Bonchev–Trinajstić information content (AvgIpc) is 2.96. The van der Waals surface area contributed by atoms with Crippen molar-refractivity contribution in [3.05, 3.63) is 0 Å². The number of rotatable bonds is 7. The van der Waals surface area contributed by atoms with E-state index >= 15 is 0 Å². The van der Waals surface area contributed by atoms with Crippen molar-refractivity contribution < 1.29 is 19.5 Å². The number of carbonyl (C=O) groups excluding carboxylic acids is 2. The molecule has 6 heteroatoms. The van der Waals surface area contributed by atoms with Crippen LogP contribution in [0, 0.1) is 11.8 Å². The molecule has 0 bridgehead atoms. The zero-order chi connectivity index (χ0) is 17.4. The Hall–Kier alpha value is -1.59. The lowest BCUT2D eigenvalue weighted by Crippen LogP contribution is -2.46. The average molecular weight is 338 g/mol. The summed E-state index contributed by atoms with van der Waals surface area (Å²) in [5.41, 5.74) is 0. The number of amides is 2. The number of hydrogen-bond donors (Lipinski definition) is 3. The third kappa shape index (κ3) is 6.13. The Labute approximate surface area is 143 Å². The Balaban J connectivity index is 1.68. The fourth-order valence-corrected chi connectivity index (χ4v) is 3.94. The van der Waals surface area contributed by atoms with E-state index in [1.54, 1.807) is 0 Å². The molecule has 2 fully saturated rings. The van der Waals surface area contributed by atoms with Gasteiger partial charge in [-0.05, 0) is 25.2 Å². The SMILES string of the molecule is O=C(CCC1CCCC1)NCC(=O)N[C@H]1CCCCC[C@H]1C(=O)O. The largest absolute Gasteiger partial charge is 0.481 e. The van der Waals surface area contributed by atoms with Crippen LogP contribution >= 0.6 is 0 Å². The van der Waals surface area contributed by atoms with E-state index in [0.29, 0.717) is 25.2 Å². The predicted molar refractivity (Wildman–Crippen MR) is 90.3 cm³/mol. The van der Waals surface area contributed by atoms with Gasteiger partial charge in [0, 0.05) is 12.5 Å². The van der Waals surface area contributed by atoms with Crippen LogP contribution in [0.15, 0.2) is 0 Å². The molecule has 0 aromatic carbocycles. The number of hydrogen-bond acceptors (Lipinski definition) is 3. The Morgan fingerprint density at radius 3 is 2.25 bits per heavy atom. The van der Waals surface area contributed by atoms with Crippen molar-refractivity contribution in [2.45, 2.75) is 76.7 Å². The Bertz CT molecular complexity index is 446. The summed E-state index contributed by atoms with van der Waals surface area (Å²) in [7, 11) is 0. The molecular weight excluding hydrogens is 308 g/mol. The second-order valence-electron chi connectivity index (χ2n) is 7.22. The fraction of sp³-hybridized carbons (Fsp3) is 0.833. The van der Waals surface area contributed by atoms with Gasteiger partial charge in [0.25, 0.3) is 0 Å². The summed E-state index contributed by atoms with van der Waals surface area (Å²) < 4.78 is 0. The standard InChI is InChI=1S/C18H30N2O4/c21-16(11-10-13-6-4-5-7-13)19-12-17(22)20-15-9-3-1-2-8-14(15)18(23)24/h13-15H,1-12H2,(H,19,21)(H,20,22)(H,23,24)/t14-,15+/m1/s1. The van der Waals surface area contributed by atoms with E-state index < -0.39 is 11.9 Å². The molecule has 2 aliphatic rings. The van der Waals surface area contributed by atoms with Crippen molar-refractivity contribution in [3.8, 4) is 0 Å². The highest BCUT2D eigenvalue weighted by molar-refractivity contribution is 5.85. The van der Waals surface area contributed by atoms with Gasteiger partial charge in [-0.15, -0.1) is 0 Å². The first-order valence-electron chi connectivity index (χ1n) is 9.35. The molecule has 3 N–H and O–H groups in total. The van der Waals surface area contributed by atoms with Crippen LogP contribution in [0.5, 0.6) is 0 Å². The number of carboxylic acid groups (broad SMARTS) is 1. The summed E-state index contributed by atoms with van der Waals surface area (Å²) in [5.74, 6) is -1.08. The first-order valence-corrected chi connectivity index (χ1v) is 9.35. The lowest BCUT2D eigenvalue weighted by Gasteiger charge is -2.23. The number of aliphatic carboxylic acids is 1. The molecule has 0 aliphatic heterocycles. The van der Waals surface area contributed by atoms with Gasteiger partial charge < -0.3 is 15.7 Å². The van der Waals surface area contributed by atoms with Gasteiger partial charge in [-0.25, -0.2) is 0 Å². The first kappa shape index (κ1) is 18.7. The molecule has 0 saturated heterocycles. The molecule has 2 amide bonds. The molecule has 0 spiro atoms. The van der Waals surface area contributed by atoms with Gasteiger partial charge in [-0.3, -0.25) is 14.4 Å². The third-order valence-electron chi connectivity index (χ3n) is 5.38. The van der Waals surface area contributed by atoms with Crippen molar-refractivity contribution in [3.63, 3.8) is 0 Å². The minimum Gasteiger partial charge on any atom is -0.481 e. The van der Waals surface area contributed by atoms with Crippen LogP contribution < -0.4 is 10.6 Å². The van der Waals surface area contributed by atoms with E-state index in [4.69, 9.17) is 0 Å². The highest BCUT2D eigenvalue weighted by atomic mass is 16.4. The second kappa shape index (κ2) is 9.64. The molecule has 2 atom stereocenters. The van der Waals surface area contributed by atoms with Crippen LogP contribution in [0.4, 0.5) is 0 Å². The lowest BCUT2D eigenvalue weighted by atomic mass is 9.95. The van der Waals surface area contributed by atoms with Gasteiger partial charge in [-0.1, -0.05) is 44.9 Å². The van der Waals surface area contributed by atoms with E-state index in [9.17, 15) is 19.5 Å². The van der Waals surface area contributed by atoms with Gasteiger partial charge in [0.05, 0.1) is 12.5 Å². The van der Waals surface area contributed by atoms with E-state index in [-0.39, 0.29) is 24.4 Å². The summed E-state index contributed by atoms with van der Waals surface area (Å²) in [6, 6.07) is -0.326. The highest BCUT2D eigenvalue weighted by Gasteiger charge is 2.30. The van der Waals surface area contributed by atoms with Crippen molar-refractivity contribution in [2.75, 3.05) is 6.54 Å². The van der Waals surface area contributed by atoms with Crippen LogP contribution in [0.3, 0.4) is 0 Å². The van der Waals surface area contributed by atoms with Crippen molar-refractivity contribution >= 4 is 17.8 Å². The topological polar surface area (TPSA) is 95.5 Å². The summed E-state index contributed by atoms with van der Waals surface area (Å²) in [5, 5.41) is 14.8. The molecule has 2 rings (SSSR count). The van der Waals surface area contributed by atoms with Gasteiger partial charge in [-0.2, -0.15) is 0 Å². The minimum absolute atomic E-state index is 0.0632. The smallest absolute Gasteiger partial charge is 0.308 e. The summed E-state index contributed by atoms with van der Waals surface area (Å²) in [6.07, 6.45) is 10.5. The zero-order valence-corrected chi connectivity index (χ0v) is 14.4. The third-order valence-corrected chi connectivity index (χ3v) is 5.38. The molecule has 2 aliphatic carbocycles. The Morgan fingerprint density at radius 1 is 0.875 bits per heavy atom. The van der Waals surface area contributed by atoms with E-state index in [0.717, 1.165) is 25.7 Å². The molecule has 0 unspecified atom stereocenters. The summed E-state index contributed by atoms with van der Waals surface area (Å²) >= 11 is 0. The minimum atomic E-state index is -0.845. The van der Waals surface area contributed by atoms with Crippen LogP contribution in [0.25, 0.3) is 0 Å². The Kier molecular flexibility index (Phi) is 7.53. The van der Waals surface area contributed by atoms with Crippen LogP contribution in [-0.2, 0) is 14.4 Å². The maximum atomic E-state index is 12.0. The molecule has 24 heavy (non-hydrogen) atoms. The molecule has 0 radical (unpaired) electrons. The molecule has 0 aromatic heterocycles. The van der Waals surface area contributed by atoms with Crippen LogP contribution in [0.1, 0.15) is 70.6 Å². The van der Waals surface area contributed by atoms with E-state index in [1.807, 2.05) is 0 Å². The zero-order valence-electron chi connectivity index (χ0n) is 14.4. The highest BCUT2D eigenvalue weighted by Crippen LogP contribution is 2.28. The summed E-state index contributed by atoms with van der Waals surface area (Å²) in [4.78, 5) is 35.2. The van der Waals surface area contributed by atoms with Crippen molar-refractivity contribution in [2.24, 2.45) is 11.8 Å². The van der Waals surface area contributed by atoms with Gasteiger partial charge in [0.15, 0.2) is 0 Å². The quantitative estimate of drug-likeness (QED) is 0.620. The second-order valence-corrected chi connectivity index (χ2v) is 7.22. The van der Waals surface area contributed by atoms with Gasteiger partial charge in [0.1, 0.15) is 0 Å². The molecule has 0 aromatic rings. The first-order chi connectivity index (χ1) is 11.6. The molecule has 2 saturated carbocycles. The fourth-order valence-electron chi connectivity index (χ4n) is 3.94. The van der Waals surface area contributed by atoms with E-state index in [1.165, 1.54) is 25.7 Å². The maximum absolute atomic E-state index is 12.0. The molecular formula is C18H30N2O4. The predicted octanol–water partition coefficient (Wildman–Crippen LogP) is 2.22. The number of carboxylic acids is 1. The lowest BCUT2D eigenvalue weighted by molar-refractivity contribution is -0.143. The molecule has 136 valence electrons. The molecule has 0 heterocycles. The van der Waals surface area contributed by atoms with Crippen LogP contribution in [-0.4, -0.2) is 35.5 Å². The normalized spacial score (nSPS) is 25.0. The van der Waals surface area contributed by atoms with Crippen molar-refractivity contribution in [1.82, 2.24) is 10.6 Å². The Morgan fingerprint density at radius 2 is 1.54 bits per heavy atom. The molecule has 6 nitrogen and oxygen atoms in total. The van der Waals surface area contributed by atoms with Crippen LogP contribution in [0.2, 0.25) is 0 Å². The van der Waals surface area contributed by atoms with Crippen molar-refractivity contribution in [1.29, 1.82) is 0 Å². The van der Waals surface area contributed by atoms with Gasteiger partial charge >= 0.3 is 5.97 Å². The number of nitrogens with one attached hydrogen (secondary N) is 2. The number of carbonyl (C=O) groups is 3. The summed E-state index contributed by atoms with van der Waals surface area (Å²) in [6.45, 7) is -0.0632. The maximum Gasteiger partial charge on any atom is 0.308 e. The van der Waals surface area contributed by atoms with E-state index in [2.05, 4.69) is 10.6 Å².